The van der Waals surface area contributed by atoms with E-state index in [1.165, 1.54) is 12.1 Å². The summed E-state index contributed by atoms with van der Waals surface area (Å²) >= 11 is 0. The number of rotatable bonds is 7. The van der Waals surface area contributed by atoms with Crippen molar-refractivity contribution in [2.75, 3.05) is 19.7 Å². The summed E-state index contributed by atoms with van der Waals surface area (Å²) in [6.07, 6.45) is -3.45. The fourth-order valence-corrected chi connectivity index (χ4v) is 1.71. The molecule has 0 aliphatic rings. The highest BCUT2D eigenvalue weighted by atomic mass is 19.4. The van der Waals surface area contributed by atoms with Crippen LogP contribution in [-0.2, 0) is 17.4 Å². The Kier molecular flexibility index (Phi) is 6.48. The molecule has 1 aromatic carbocycles. The highest BCUT2D eigenvalue weighted by Crippen LogP contribution is 2.36. The summed E-state index contributed by atoms with van der Waals surface area (Å²) in [5.74, 6) is -0.800. The number of nitrogens with one attached hydrogen (secondary N) is 1. The van der Waals surface area contributed by atoms with Gasteiger partial charge >= 0.3 is 6.18 Å². The second-order valence-electron chi connectivity index (χ2n) is 4.51. The molecule has 4 nitrogen and oxygen atoms in total. The molecule has 0 aliphatic heterocycles. The van der Waals surface area contributed by atoms with Crippen LogP contribution >= 0.6 is 0 Å². The Hall–Kier alpha value is -1.76. The Morgan fingerprint density at radius 1 is 1.38 bits per heavy atom. The van der Waals surface area contributed by atoms with E-state index in [9.17, 15) is 18.0 Å². The van der Waals surface area contributed by atoms with Crippen LogP contribution in [0.1, 0.15) is 24.5 Å². The zero-order valence-corrected chi connectivity index (χ0v) is 11.8. The van der Waals surface area contributed by atoms with Gasteiger partial charge < -0.3 is 15.8 Å². The van der Waals surface area contributed by atoms with Crippen molar-refractivity contribution < 1.29 is 22.7 Å². The molecule has 1 aromatic rings. The maximum Gasteiger partial charge on any atom is 0.419 e. The average molecular weight is 304 g/mol. The molecule has 3 N–H and O–H groups in total. The van der Waals surface area contributed by atoms with Gasteiger partial charge in [-0.25, -0.2) is 0 Å². The Morgan fingerprint density at radius 3 is 2.67 bits per heavy atom. The molecule has 21 heavy (non-hydrogen) atoms. The predicted molar refractivity (Wildman–Crippen MR) is 73.0 cm³/mol. The monoisotopic (exact) mass is 304 g/mol. The second-order valence-corrected chi connectivity index (χ2v) is 4.51. The third-order valence-corrected chi connectivity index (χ3v) is 2.71. The summed E-state index contributed by atoms with van der Waals surface area (Å²) < 4.78 is 43.9. The lowest BCUT2D eigenvalue weighted by Gasteiger charge is -2.15. The van der Waals surface area contributed by atoms with Gasteiger partial charge in [0.1, 0.15) is 5.75 Å². The van der Waals surface area contributed by atoms with Gasteiger partial charge in [-0.05, 0) is 37.1 Å². The van der Waals surface area contributed by atoms with Crippen LogP contribution in [0.2, 0.25) is 0 Å². The van der Waals surface area contributed by atoms with E-state index < -0.39 is 24.3 Å². The topological polar surface area (TPSA) is 64.3 Å². The molecule has 118 valence electrons. The van der Waals surface area contributed by atoms with E-state index in [2.05, 4.69) is 5.32 Å². The Bertz CT molecular complexity index is 476. The third kappa shape index (κ3) is 5.63. The summed E-state index contributed by atoms with van der Waals surface area (Å²) in [5.41, 5.74) is 4.92. The largest absolute Gasteiger partial charge is 0.483 e. The van der Waals surface area contributed by atoms with Crippen molar-refractivity contribution in [1.82, 2.24) is 5.32 Å². The number of hydrogen-bond acceptors (Lipinski definition) is 3. The minimum Gasteiger partial charge on any atom is -0.483 e. The van der Waals surface area contributed by atoms with E-state index in [4.69, 9.17) is 10.5 Å². The minimum absolute atomic E-state index is 0.261. The third-order valence-electron chi connectivity index (χ3n) is 2.71. The normalized spacial score (nSPS) is 11.3. The van der Waals surface area contributed by atoms with Gasteiger partial charge in [-0.15, -0.1) is 0 Å². The van der Waals surface area contributed by atoms with Crippen LogP contribution in [-0.4, -0.2) is 25.6 Å². The standard InChI is InChI=1S/C14H19F3N2O2/c1-2-7-19-13(20)9-21-12-4-3-10(5-6-18)8-11(12)14(15,16)17/h3-4,8H,2,5-7,9,18H2,1H3,(H,19,20). The lowest BCUT2D eigenvalue weighted by Crippen LogP contribution is -2.29. The van der Waals surface area contributed by atoms with Crippen LogP contribution in [0.25, 0.3) is 0 Å². The summed E-state index contributed by atoms with van der Waals surface area (Å²) in [6, 6.07) is 3.74. The van der Waals surface area contributed by atoms with Crippen LogP contribution in [0.15, 0.2) is 18.2 Å². The summed E-state index contributed by atoms with van der Waals surface area (Å²) in [5, 5.41) is 2.53. The number of benzene rings is 1. The van der Waals surface area contributed by atoms with Gasteiger partial charge in [-0.1, -0.05) is 13.0 Å². The van der Waals surface area contributed by atoms with Gasteiger partial charge in [0, 0.05) is 6.54 Å². The lowest BCUT2D eigenvalue weighted by molar-refractivity contribution is -0.139. The predicted octanol–water partition coefficient (Wildman–Crippen LogP) is 2.11. The van der Waals surface area contributed by atoms with Gasteiger partial charge in [-0.3, -0.25) is 4.79 Å². The zero-order valence-electron chi connectivity index (χ0n) is 11.8. The maximum atomic E-state index is 13.0. The number of nitrogens with two attached hydrogens (primary N) is 1. The average Bonchev–Trinajstić information content (AvgIpc) is 2.43. The molecular formula is C14H19F3N2O2. The number of amides is 1. The number of halogens is 3. The van der Waals surface area contributed by atoms with E-state index in [1.807, 2.05) is 6.92 Å². The van der Waals surface area contributed by atoms with E-state index in [0.29, 0.717) is 18.5 Å². The van der Waals surface area contributed by atoms with Crippen molar-refractivity contribution in [2.45, 2.75) is 25.9 Å². The van der Waals surface area contributed by atoms with Crippen molar-refractivity contribution in [1.29, 1.82) is 0 Å². The molecule has 0 radical (unpaired) electrons. The molecule has 1 amide bonds. The van der Waals surface area contributed by atoms with Crippen molar-refractivity contribution in [3.05, 3.63) is 29.3 Å². The molecule has 0 bridgehead atoms. The number of alkyl halides is 3. The maximum absolute atomic E-state index is 13.0. The summed E-state index contributed by atoms with van der Waals surface area (Å²) in [6.45, 7) is 2.15. The van der Waals surface area contributed by atoms with Crippen LogP contribution in [0.4, 0.5) is 13.2 Å². The number of carbonyl (C=O) groups excluding carboxylic acids is 1. The Balaban J connectivity index is 2.83. The molecule has 0 aliphatic carbocycles. The summed E-state index contributed by atoms with van der Waals surface area (Å²) in [4.78, 5) is 11.4. The molecule has 0 aromatic heterocycles. The molecule has 0 spiro atoms. The quantitative estimate of drug-likeness (QED) is 0.811. The molecular weight excluding hydrogens is 285 g/mol. The van der Waals surface area contributed by atoms with Gasteiger partial charge in [0.25, 0.3) is 5.91 Å². The second kappa shape index (κ2) is 7.87. The number of ether oxygens (including phenoxy) is 1. The Morgan fingerprint density at radius 2 is 2.10 bits per heavy atom. The molecule has 0 atom stereocenters. The van der Waals surface area contributed by atoms with E-state index in [1.54, 1.807) is 0 Å². The van der Waals surface area contributed by atoms with Crippen molar-refractivity contribution in [2.24, 2.45) is 5.73 Å². The lowest BCUT2D eigenvalue weighted by atomic mass is 10.1. The first kappa shape index (κ1) is 17.3. The van der Waals surface area contributed by atoms with E-state index in [-0.39, 0.29) is 12.3 Å². The molecule has 0 fully saturated rings. The zero-order chi connectivity index (χ0) is 15.9. The number of carbonyl (C=O) groups is 1. The number of hydrogen-bond donors (Lipinski definition) is 2. The van der Waals surface area contributed by atoms with Crippen molar-refractivity contribution >= 4 is 5.91 Å². The minimum atomic E-state index is -4.54. The highest BCUT2D eigenvalue weighted by molar-refractivity contribution is 5.77. The van der Waals surface area contributed by atoms with Gasteiger partial charge in [-0.2, -0.15) is 13.2 Å². The first-order valence-corrected chi connectivity index (χ1v) is 6.68. The molecule has 0 saturated heterocycles. The van der Waals surface area contributed by atoms with E-state index in [0.717, 1.165) is 12.5 Å². The van der Waals surface area contributed by atoms with Crippen LogP contribution in [0, 0.1) is 0 Å². The van der Waals surface area contributed by atoms with Gasteiger partial charge in [0.15, 0.2) is 6.61 Å². The van der Waals surface area contributed by atoms with Crippen molar-refractivity contribution in [3.63, 3.8) is 0 Å². The smallest absolute Gasteiger partial charge is 0.419 e. The van der Waals surface area contributed by atoms with Crippen LogP contribution < -0.4 is 15.8 Å². The first-order valence-electron chi connectivity index (χ1n) is 6.68. The Labute approximate surface area is 121 Å². The first-order chi connectivity index (χ1) is 9.88. The van der Waals surface area contributed by atoms with Gasteiger partial charge in [0.2, 0.25) is 0 Å². The molecule has 0 unspecified atom stereocenters. The highest BCUT2D eigenvalue weighted by Gasteiger charge is 2.34. The molecule has 7 heteroatoms. The van der Waals surface area contributed by atoms with Crippen LogP contribution in [0.5, 0.6) is 5.75 Å². The fourth-order valence-electron chi connectivity index (χ4n) is 1.71. The summed E-state index contributed by atoms with van der Waals surface area (Å²) in [7, 11) is 0. The van der Waals surface area contributed by atoms with Crippen LogP contribution in [0.3, 0.4) is 0 Å². The molecule has 0 heterocycles. The fraction of sp³-hybridized carbons (Fsp3) is 0.500. The van der Waals surface area contributed by atoms with Crippen molar-refractivity contribution in [3.8, 4) is 5.75 Å². The molecule has 1 rings (SSSR count). The molecule has 0 saturated carbocycles. The van der Waals surface area contributed by atoms with Gasteiger partial charge in [0.05, 0.1) is 5.56 Å². The SMILES string of the molecule is CCCNC(=O)COc1ccc(CCN)cc1C(F)(F)F. The van der Waals surface area contributed by atoms with E-state index >= 15 is 0 Å².